The van der Waals surface area contributed by atoms with E-state index < -0.39 is 90.8 Å². The molecule has 31 heteroatoms. The number of hydrogen-bond donors (Lipinski definition) is 9. The first-order valence-corrected chi connectivity index (χ1v) is 20.6. The van der Waals surface area contributed by atoms with Crippen molar-refractivity contribution >= 4 is 57.6 Å². The van der Waals surface area contributed by atoms with Crippen molar-refractivity contribution in [3.63, 3.8) is 0 Å². The molecule has 4 aromatic rings. The lowest BCUT2D eigenvalue weighted by molar-refractivity contribution is -0.746. The number of aryl methyl sites for hydroxylation is 1. The number of nitrogen functional groups attached to an aromatic ring is 2. The third-order valence-corrected chi connectivity index (χ3v) is 12.9. The first-order valence-electron chi connectivity index (χ1n) is 16.1. The Bertz CT molecular complexity index is 2280. The third-order valence-electron chi connectivity index (χ3n) is 8.49. The lowest BCUT2D eigenvalue weighted by Gasteiger charge is -2.25. The Morgan fingerprint density at radius 2 is 1.71 bits per heavy atom. The van der Waals surface area contributed by atoms with Gasteiger partial charge in [0.15, 0.2) is 35.9 Å². The van der Waals surface area contributed by atoms with Crippen molar-refractivity contribution in [1.82, 2.24) is 34.1 Å². The number of nitrogens with one attached hydrogen (secondary N) is 1. The Hall–Kier alpha value is -3.37. The van der Waals surface area contributed by atoms with Crippen LogP contribution in [0.3, 0.4) is 0 Å². The van der Waals surface area contributed by atoms with Gasteiger partial charge in [-0.25, -0.2) is 23.2 Å². The van der Waals surface area contributed by atoms with Gasteiger partial charge in [0.05, 0.1) is 39.3 Å². The van der Waals surface area contributed by atoms with Crippen molar-refractivity contribution in [2.45, 2.75) is 62.1 Å². The van der Waals surface area contributed by atoms with Crippen LogP contribution in [0.4, 0.5) is 11.8 Å². The summed E-state index contributed by atoms with van der Waals surface area (Å²) in [4.78, 5) is 61.0. The third kappa shape index (κ3) is 8.71. The number of phosphoric acid groups is 3. The zero-order valence-electron chi connectivity index (χ0n) is 29.3. The van der Waals surface area contributed by atoms with Gasteiger partial charge in [-0.15, -0.1) is 0 Å². The maximum absolute atomic E-state index is 12.9. The molecule has 0 amide bonds. The second-order valence-corrected chi connectivity index (χ2v) is 17.0. The maximum atomic E-state index is 12.9. The number of nitrogens with two attached hydrogens (primary N) is 2. The number of nitrogens with zero attached hydrogens (tertiary/aromatic N) is 7. The number of hydrogen-bond acceptors (Lipinski definition) is 21. The summed E-state index contributed by atoms with van der Waals surface area (Å²) in [5.41, 5.74) is 11.2. The molecular formula is C25H38N10O18P3+. The molecule has 12 atom stereocenters. The molecule has 2 aliphatic rings. The van der Waals surface area contributed by atoms with Gasteiger partial charge in [0.1, 0.15) is 36.6 Å². The number of phosphoric ester groups is 2. The molecule has 2 fully saturated rings. The molecule has 4 aromatic heterocycles. The Balaban J connectivity index is 1.09. The van der Waals surface area contributed by atoms with E-state index in [1.165, 1.54) is 24.3 Å². The number of H-pyrrole nitrogens is 1. The molecular weight excluding hydrogens is 821 g/mol. The summed E-state index contributed by atoms with van der Waals surface area (Å²) < 4.78 is 82.7. The molecule has 0 aliphatic carbocycles. The number of aromatic amines is 1. The molecule has 0 bridgehead atoms. The molecule has 5 unspecified atom stereocenters. The Morgan fingerprint density at radius 3 is 2.43 bits per heavy atom. The highest BCUT2D eigenvalue weighted by Gasteiger charge is 2.53. The summed E-state index contributed by atoms with van der Waals surface area (Å²) in [6.45, 7) is 0.162. The SMILES string of the molecule is COCCO[C@H]1C(O)[C@@H]([C@@H](C)OP(=O)(O)OP(=O)(O)OP(=O)(O)OC[C@H]2O[C@@H](n3cnc4c(=O)[nH]c(N)nc43)[C@@H](O)C2O)O[C@H]1[n+]1cn(C)c2c(N)ncnc21. The summed E-state index contributed by atoms with van der Waals surface area (Å²) in [6, 6.07) is 0. The Morgan fingerprint density at radius 1 is 1.00 bits per heavy atom. The number of methoxy groups -OCH3 is 1. The predicted octanol–water partition coefficient (Wildman–Crippen LogP) is -2.78. The second-order valence-electron chi connectivity index (χ2n) is 12.4. The van der Waals surface area contributed by atoms with Crippen LogP contribution in [-0.4, -0.2) is 134 Å². The van der Waals surface area contributed by atoms with Crippen LogP contribution in [0, 0.1) is 0 Å². The number of imidazole rings is 2. The number of fused-ring (bicyclic) bond motifs is 2. The lowest BCUT2D eigenvalue weighted by atomic mass is 10.1. The summed E-state index contributed by atoms with van der Waals surface area (Å²) in [6.07, 6.45) is -9.86. The topological polar surface area (TPSA) is 397 Å². The first-order chi connectivity index (χ1) is 26.2. The normalized spacial score (nSPS) is 29.4. The van der Waals surface area contributed by atoms with Gasteiger partial charge in [-0.05, 0) is 6.92 Å². The smallest absolute Gasteiger partial charge is 0.387 e. The number of anilines is 2. The number of aliphatic hydroxyl groups is 3. The van der Waals surface area contributed by atoms with E-state index in [-0.39, 0.29) is 41.8 Å². The molecule has 56 heavy (non-hydrogen) atoms. The molecule has 6 rings (SSSR count). The van der Waals surface area contributed by atoms with Crippen LogP contribution in [-0.2, 0) is 57.4 Å². The fourth-order valence-corrected chi connectivity index (χ4v) is 9.80. The van der Waals surface area contributed by atoms with Crippen molar-refractivity contribution in [3.05, 3.63) is 29.3 Å². The number of aromatic nitrogens is 8. The fourth-order valence-electron chi connectivity index (χ4n) is 6.11. The van der Waals surface area contributed by atoms with E-state index in [0.29, 0.717) is 5.52 Å². The summed E-state index contributed by atoms with van der Waals surface area (Å²) in [5.74, 6) is -0.168. The van der Waals surface area contributed by atoms with Gasteiger partial charge < -0.3 is 60.4 Å². The standard InChI is InChI=1S/C25H37N10O18P3/c1-10(17-16(38)18(47-5-4-46-3)24(50-17)35-9-33(2)13-19(26)28-7-29-21(13)35)51-55(42,43)53-56(44,45)52-54(40,41)48-6-11-14(36)15(37)23(49-11)34-8-30-12-20(34)31-25(27)32-22(12)39/h7-11,14-18,23-24,36-38H,4-6H2,1-3H3,(H7-,26,27,28,29,31,32,39,40,41,42,43,44,45)/p+1/t10-,11-,14?,15+,16?,17-,18+,23-,24-/m1/s1. The second kappa shape index (κ2) is 16.1. The number of rotatable bonds is 16. The van der Waals surface area contributed by atoms with Gasteiger partial charge in [0, 0.05) is 7.11 Å². The maximum Gasteiger partial charge on any atom is 0.490 e. The van der Waals surface area contributed by atoms with Crippen molar-refractivity contribution < 1.29 is 84.9 Å². The van der Waals surface area contributed by atoms with Crippen LogP contribution < -0.4 is 21.6 Å². The van der Waals surface area contributed by atoms with Gasteiger partial charge in [0.25, 0.3) is 5.56 Å². The molecule has 0 aromatic carbocycles. The molecule has 2 aliphatic heterocycles. The van der Waals surface area contributed by atoms with Crippen molar-refractivity contribution in [1.29, 1.82) is 0 Å². The molecule has 310 valence electrons. The average Bonchev–Trinajstić information content (AvgIpc) is 3.82. The Kier molecular flexibility index (Phi) is 12.2. The van der Waals surface area contributed by atoms with Crippen molar-refractivity contribution in [2.24, 2.45) is 7.05 Å². The zero-order valence-corrected chi connectivity index (χ0v) is 31.9. The Labute approximate surface area is 313 Å². The van der Waals surface area contributed by atoms with Crippen LogP contribution in [0.25, 0.3) is 22.3 Å². The minimum absolute atomic E-state index is 0.0253. The van der Waals surface area contributed by atoms with E-state index >= 15 is 0 Å². The van der Waals surface area contributed by atoms with Crippen molar-refractivity contribution in [2.75, 3.05) is 38.4 Å². The average molecular weight is 860 g/mol. The molecule has 6 heterocycles. The van der Waals surface area contributed by atoms with E-state index in [9.17, 15) is 48.5 Å². The predicted molar refractivity (Wildman–Crippen MR) is 181 cm³/mol. The molecule has 28 nitrogen and oxygen atoms in total. The van der Waals surface area contributed by atoms with E-state index in [2.05, 4.69) is 38.1 Å². The highest BCUT2D eigenvalue weighted by molar-refractivity contribution is 7.66. The van der Waals surface area contributed by atoms with Gasteiger partial charge >= 0.3 is 29.1 Å². The van der Waals surface area contributed by atoms with Gasteiger partial charge in [-0.1, -0.05) is 4.98 Å². The van der Waals surface area contributed by atoms with Crippen molar-refractivity contribution in [3.8, 4) is 0 Å². The van der Waals surface area contributed by atoms with E-state index in [1.807, 2.05) is 0 Å². The molecule has 2 saturated heterocycles. The molecule has 0 saturated carbocycles. The number of ether oxygens (including phenoxy) is 4. The largest absolute Gasteiger partial charge is 0.490 e. The fraction of sp³-hybridized carbons (Fsp3) is 0.600. The van der Waals surface area contributed by atoms with E-state index in [1.54, 1.807) is 11.6 Å². The number of aliphatic hydroxyl groups excluding tert-OH is 3. The molecule has 0 spiro atoms. The summed E-state index contributed by atoms with van der Waals surface area (Å²) in [5, 5.41) is 32.3. The van der Waals surface area contributed by atoms with E-state index in [0.717, 1.165) is 17.8 Å². The zero-order chi connectivity index (χ0) is 40.9. The summed E-state index contributed by atoms with van der Waals surface area (Å²) in [7, 11) is -14.3. The van der Waals surface area contributed by atoms with Gasteiger partial charge in [0.2, 0.25) is 17.7 Å². The molecule has 0 radical (unpaired) electrons. The minimum atomic E-state index is -6.00. The van der Waals surface area contributed by atoms with Gasteiger partial charge in [-0.2, -0.15) is 18.6 Å². The monoisotopic (exact) mass is 859 g/mol. The summed E-state index contributed by atoms with van der Waals surface area (Å²) >= 11 is 0. The van der Waals surface area contributed by atoms with Crippen LogP contribution in [0.5, 0.6) is 0 Å². The molecule has 11 N–H and O–H groups in total. The van der Waals surface area contributed by atoms with Crippen LogP contribution >= 0.6 is 23.5 Å². The highest BCUT2D eigenvalue weighted by atomic mass is 31.3. The lowest BCUT2D eigenvalue weighted by Crippen LogP contribution is -2.47. The highest BCUT2D eigenvalue weighted by Crippen LogP contribution is 2.68. The minimum Gasteiger partial charge on any atom is -0.387 e. The van der Waals surface area contributed by atoms with Crippen LogP contribution in [0.1, 0.15) is 19.4 Å². The van der Waals surface area contributed by atoms with Crippen LogP contribution in [0.15, 0.2) is 23.8 Å². The quantitative estimate of drug-likeness (QED) is 0.0312. The van der Waals surface area contributed by atoms with Gasteiger partial charge in [-0.3, -0.25) is 28.0 Å². The van der Waals surface area contributed by atoms with E-state index in [4.69, 9.17) is 34.9 Å². The van der Waals surface area contributed by atoms with Crippen LogP contribution in [0.2, 0.25) is 0 Å². The first kappa shape index (κ1) is 42.2.